The fraction of sp³-hybridized carbons (Fsp3) is 0.444. The minimum absolute atomic E-state index is 0.0563. The molecule has 2 N–H and O–H groups in total. The molecule has 3 rings (SSSR count). The van der Waals surface area contributed by atoms with Gasteiger partial charge in [0.05, 0.1) is 17.2 Å². The number of nitrogens with zero attached hydrogens (tertiary/aromatic N) is 1. The predicted octanol–water partition coefficient (Wildman–Crippen LogP) is 5.43. The fourth-order valence-corrected chi connectivity index (χ4v) is 4.34. The van der Waals surface area contributed by atoms with Gasteiger partial charge in [-0.15, -0.1) is 0 Å². The van der Waals surface area contributed by atoms with Crippen molar-refractivity contribution in [3.05, 3.63) is 64.2 Å². The van der Waals surface area contributed by atoms with Crippen molar-refractivity contribution in [2.24, 2.45) is 0 Å². The third kappa shape index (κ3) is 8.59. The van der Waals surface area contributed by atoms with Gasteiger partial charge in [-0.05, 0) is 56.5 Å². The predicted molar refractivity (Wildman–Crippen MR) is 137 cm³/mol. The maximum absolute atomic E-state index is 13.6. The highest BCUT2D eigenvalue weighted by molar-refractivity contribution is 6.34. The molecular formula is C27H30ClF3N2O6. The van der Waals surface area contributed by atoms with E-state index in [1.165, 1.54) is 17.0 Å². The first kappa shape index (κ1) is 30.2. The van der Waals surface area contributed by atoms with Crippen LogP contribution in [0.15, 0.2) is 42.5 Å². The number of alkyl halides is 3. The van der Waals surface area contributed by atoms with Gasteiger partial charge in [-0.25, -0.2) is 9.59 Å². The number of nitrogens with one attached hydrogen (secondary N) is 1. The topological polar surface area (TPSA) is 105 Å². The summed E-state index contributed by atoms with van der Waals surface area (Å²) >= 11 is 6.27. The maximum Gasteiger partial charge on any atom is 0.422 e. The number of carboxylic acid groups (broad SMARTS) is 1. The van der Waals surface area contributed by atoms with Crippen LogP contribution in [0.1, 0.15) is 54.6 Å². The standard InChI is InChI=1S/C27H30ClF3N2O6/c1-26(2,3)39-14-22(24(35)36)32-25(37)33-11-10-19(18-7-5-4-6-16(18)13-33)23(34)20-9-8-17(12-21(20)28)38-15-27(29,30)31/h4-9,12,19,22H,10-11,13-15H2,1-3H3,(H,32,37)(H,35,36). The van der Waals surface area contributed by atoms with Gasteiger partial charge < -0.3 is 24.8 Å². The highest BCUT2D eigenvalue weighted by atomic mass is 35.5. The Kier molecular flexibility index (Phi) is 9.50. The van der Waals surface area contributed by atoms with E-state index in [-0.39, 0.29) is 48.2 Å². The molecule has 2 aromatic carbocycles. The van der Waals surface area contributed by atoms with Crippen molar-refractivity contribution in [3.8, 4) is 5.75 Å². The Morgan fingerprint density at radius 3 is 2.46 bits per heavy atom. The summed E-state index contributed by atoms with van der Waals surface area (Å²) in [5.74, 6) is -2.42. The average Bonchev–Trinajstić information content (AvgIpc) is 3.03. The molecular weight excluding hydrogens is 541 g/mol. The number of carbonyl (C=O) groups is 3. The van der Waals surface area contributed by atoms with Crippen molar-refractivity contribution < 1.29 is 42.1 Å². The molecule has 1 aliphatic heterocycles. The number of hydrogen-bond acceptors (Lipinski definition) is 5. The van der Waals surface area contributed by atoms with Crippen molar-refractivity contribution in [2.45, 2.75) is 57.5 Å². The van der Waals surface area contributed by atoms with Crippen LogP contribution < -0.4 is 10.1 Å². The van der Waals surface area contributed by atoms with E-state index < -0.39 is 42.3 Å². The molecule has 1 aliphatic rings. The van der Waals surface area contributed by atoms with Crippen molar-refractivity contribution in [1.82, 2.24) is 10.2 Å². The van der Waals surface area contributed by atoms with Crippen molar-refractivity contribution in [2.75, 3.05) is 19.8 Å². The summed E-state index contributed by atoms with van der Waals surface area (Å²) < 4.78 is 47.7. The number of Topliss-reactive ketones (excluding diaryl/α,β-unsaturated/α-hetero) is 1. The van der Waals surface area contributed by atoms with Crippen LogP contribution >= 0.6 is 11.6 Å². The third-order valence-electron chi connectivity index (χ3n) is 5.97. The number of benzene rings is 2. The summed E-state index contributed by atoms with van der Waals surface area (Å²) in [5.41, 5.74) is 0.885. The van der Waals surface area contributed by atoms with E-state index in [1.54, 1.807) is 45.0 Å². The summed E-state index contributed by atoms with van der Waals surface area (Å²) in [5, 5.41) is 12.0. The number of urea groups is 1. The molecule has 2 atom stereocenters. The molecule has 39 heavy (non-hydrogen) atoms. The summed E-state index contributed by atoms with van der Waals surface area (Å²) in [7, 11) is 0. The van der Waals surface area contributed by atoms with Crippen LogP contribution in [0.3, 0.4) is 0 Å². The Morgan fingerprint density at radius 1 is 1.15 bits per heavy atom. The maximum atomic E-state index is 13.6. The van der Waals surface area contributed by atoms with Crippen molar-refractivity contribution in [3.63, 3.8) is 0 Å². The number of carboxylic acids is 1. The minimum Gasteiger partial charge on any atom is -0.484 e. The largest absolute Gasteiger partial charge is 0.484 e. The van der Waals surface area contributed by atoms with Gasteiger partial charge in [0.25, 0.3) is 0 Å². The van der Waals surface area contributed by atoms with Crippen molar-refractivity contribution >= 4 is 29.4 Å². The molecule has 12 heteroatoms. The van der Waals surface area contributed by atoms with E-state index in [2.05, 4.69) is 5.32 Å². The second kappa shape index (κ2) is 12.3. The van der Waals surface area contributed by atoms with Gasteiger partial charge in [-0.1, -0.05) is 35.9 Å². The number of halogens is 4. The first-order valence-corrected chi connectivity index (χ1v) is 12.6. The molecule has 212 valence electrons. The van der Waals surface area contributed by atoms with Gasteiger partial charge >= 0.3 is 18.2 Å². The number of hydrogen-bond donors (Lipinski definition) is 2. The van der Waals surface area contributed by atoms with Crippen LogP contribution in [-0.2, 0) is 16.1 Å². The highest BCUT2D eigenvalue weighted by Crippen LogP contribution is 2.34. The van der Waals surface area contributed by atoms with Crippen LogP contribution in [0, 0.1) is 0 Å². The second-order valence-corrected chi connectivity index (χ2v) is 10.5. The molecule has 2 aromatic rings. The summed E-state index contributed by atoms with van der Waals surface area (Å²) in [6.45, 7) is 3.86. The normalized spacial score (nSPS) is 16.6. The lowest BCUT2D eigenvalue weighted by Gasteiger charge is -2.26. The number of aliphatic carboxylic acids is 1. The molecule has 0 saturated carbocycles. The lowest BCUT2D eigenvalue weighted by Crippen LogP contribution is -2.50. The van der Waals surface area contributed by atoms with Gasteiger partial charge in [-0.3, -0.25) is 4.79 Å². The molecule has 1 heterocycles. The van der Waals surface area contributed by atoms with Crippen LogP contribution in [0.5, 0.6) is 5.75 Å². The lowest BCUT2D eigenvalue weighted by atomic mass is 9.86. The fourth-order valence-electron chi connectivity index (χ4n) is 4.08. The van der Waals surface area contributed by atoms with E-state index in [0.717, 1.165) is 6.07 Å². The van der Waals surface area contributed by atoms with Crippen LogP contribution in [0.2, 0.25) is 5.02 Å². The quantitative estimate of drug-likeness (QED) is 0.410. The smallest absolute Gasteiger partial charge is 0.422 e. The van der Waals surface area contributed by atoms with E-state index in [0.29, 0.717) is 11.1 Å². The van der Waals surface area contributed by atoms with E-state index in [9.17, 15) is 32.7 Å². The van der Waals surface area contributed by atoms with E-state index in [4.69, 9.17) is 21.1 Å². The molecule has 0 radical (unpaired) electrons. The van der Waals surface area contributed by atoms with Crippen LogP contribution in [0.25, 0.3) is 0 Å². The number of fused-ring (bicyclic) bond motifs is 1. The minimum atomic E-state index is -4.52. The van der Waals surface area contributed by atoms with Gasteiger partial charge in [0, 0.05) is 24.6 Å². The SMILES string of the molecule is CC(C)(C)OCC(NC(=O)N1CCC(C(=O)c2ccc(OCC(F)(F)F)cc2Cl)c2ccccc2C1)C(=O)O. The molecule has 0 fully saturated rings. The Balaban J connectivity index is 1.78. The Morgan fingerprint density at radius 2 is 1.85 bits per heavy atom. The Labute approximate surface area is 229 Å². The van der Waals surface area contributed by atoms with Crippen LogP contribution in [0.4, 0.5) is 18.0 Å². The van der Waals surface area contributed by atoms with E-state index >= 15 is 0 Å². The molecule has 2 amide bonds. The Bertz CT molecular complexity index is 1210. The molecule has 0 bridgehead atoms. The second-order valence-electron chi connectivity index (χ2n) is 10.1. The van der Waals surface area contributed by atoms with E-state index in [1.807, 2.05) is 0 Å². The van der Waals surface area contributed by atoms with Gasteiger partial charge in [-0.2, -0.15) is 13.2 Å². The molecule has 0 aromatic heterocycles. The van der Waals surface area contributed by atoms with Gasteiger partial charge in [0.2, 0.25) is 0 Å². The van der Waals surface area contributed by atoms with Gasteiger partial charge in [0.1, 0.15) is 5.75 Å². The zero-order chi connectivity index (χ0) is 29.0. The molecule has 2 unspecified atom stereocenters. The summed E-state index contributed by atoms with van der Waals surface area (Å²) in [4.78, 5) is 39.8. The first-order valence-electron chi connectivity index (χ1n) is 12.2. The number of amides is 2. The lowest BCUT2D eigenvalue weighted by molar-refractivity contribution is -0.153. The van der Waals surface area contributed by atoms with Crippen LogP contribution in [-0.4, -0.2) is 65.4 Å². The summed E-state index contributed by atoms with van der Waals surface area (Å²) in [6.07, 6.45) is -4.31. The van der Waals surface area contributed by atoms with Gasteiger partial charge in [0.15, 0.2) is 18.4 Å². The zero-order valence-electron chi connectivity index (χ0n) is 21.7. The number of ether oxygens (including phenoxy) is 2. The monoisotopic (exact) mass is 570 g/mol. The first-order chi connectivity index (χ1) is 18.1. The molecule has 8 nitrogen and oxygen atoms in total. The third-order valence-corrected chi connectivity index (χ3v) is 6.28. The summed E-state index contributed by atoms with van der Waals surface area (Å²) in [6, 6.07) is 8.90. The molecule has 0 spiro atoms. The zero-order valence-corrected chi connectivity index (χ0v) is 22.4. The number of carbonyl (C=O) groups excluding carboxylic acids is 2. The van der Waals surface area contributed by atoms with Crippen molar-refractivity contribution in [1.29, 1.82) is 0 Å². The molecule has 0 saturated heterocycles. The average molecular weight is 571 g/mol. The number of rotatable bonds is 8. The Hall–Kier alpha value is -3.31. The molecule has 0 aliphatic carbocycles. The highest BCUT2D eigenvalue weighted by Gasteiger charge is 2.33. The number of ketones is 1.